The number of rotatable bonds is 10. The van der Waals surface area contributed by atoms with Gasteiger partial charge in [0, 0.05) is 13.1 Å². The van der Waals surface area contributed by atoms with E-state index in [1.807, 2.05) is 50.2 Å². The molecule has 0 aliphatic carbocycles. The number of sulfonamides is 1. The Morgan fingerprint density at radius 2 is 1.57 bits per heavy atom. The van der Waals surface area contributed by atoms with Crippen molar-refractivity contribution in [2.24, 2.45) is 0 Å². The number of hydrogen-bond donors (Lipinski definition) is 1. The second-order valence-corrected chi connectivity index (χ2v) is 11.9. The summed E-state index contributed by atoms with van der Waals surface area (Å²) in [6.45, 7) is 12.1. The smallest absolute Gasteiger partial charge is 0.244 e. The Bertz CT molecular complexity index is 1100. The molecule has 0 aliphatic rings. The lowest BCUT2D eigenvalue weighted by molar-refractivity contribution is -0.139. The van der Waals surface area contributed by atoms with Crippen molar-refractivity contribution in [2.75, 3.05) is 23.7 Å². The van der Waals surface area contributed by atoms with E-state index in [0.717, 1.165) is 33.7 Å². The van der Waals surface area contributed by atoms with Crippen LogP contribution in [-0.4, -0.2) is 50.5 Å². The van der Waals surface area contributed by atoms with E-state index in [9.17, 15) is 18.0 Å². The first-order chi connectivity index (χ1) is 16.2. The maximum Gasteiger partial charge on any atom is 0.244 e. The summed E-state index contributed by atoms with van der Waals surface area (Å²) in [6.07, 6.45) is 1.86. The number of hydrogen-bond acceptors (Lipinski definition) is 4. The molecule has 7 nitrogen and oxygen atoms in total. The van der Waals surface area contributed by atoms with Crippen LogP contribution in [0, 0.1) is 6.92 Å². The van der Waals surface area contributed by atoms with E-state index in [2.05, 4.69) is 26.1 Å². The molecule has 2 amide bonds. The van der Waals surface area contributed by atoms with Crippen molar-refractivity contribution in [2.45, 2.75) is 66.0 Å². The average molecular weight is 502 g/mol. The Balaban J connectivity index is 2.37. The van der Waals surface area contributed by atoms with Crippen LogP contribution in [0.25, 0.3) is 0 Å². The molecular weight excluding hydrogens is 462 g/mol. The normalized spacial score (nSPS) is 12.7. The maximum absolute atomic E-state index is 13.5. The van der Waals surface area contributed by atoms with E-state index < -0.39 is 28.5 Å². The molecule has 2 aromatic carbocycles. The highest BCUT2D eigenvalue weighted by atomic mass is 32.2. The molecule has 2 rings (SSSR count). The molecule has 0 aromatic heterocycles. The van der Waals surface area contributed by atoms with Crippen molar-refractivity contribution in [3.8, 4) is 0 Å². The van der Waals surface area contributed by atoms with Gasteiger partial charge in [0.2, 0.25) is 21.8 Å². The van der Waals surface area contributed by atoms with Crippen molar-refractivity contribution in [3.05, 3.63) is 65.2 Å². The summed E-state index contributed by atoms with van der Waals surface area (Å²) in [6, 6.07) is 14.1. The molecule has 0 unspecified atom stereocenters. The zero-order valence-electron chi connectivity index (χ0n) is 22.0. The molecule has 0 aliphatic heterocycles. The van der Waals surface area contributed by atoms with Gasteiger partial charge in [-0.15, -0.1) is 0 Å². The van der Waals surface area contributed by atoms with Crippen LogP contribution < -0.4 is 9.62 Å². The SMILES string of the molecule is CCCNC(=O)[C@H](C)N(Cc1ccc(C)cc1)C(=O)CN(c1ccc(C(C)(C)C)cc1)S(C)(=O)=O. The van der Waals surface area contributed by atoms with Crippen LogP contribution in [0.2, 0.25) is 0 Å². The van der Waals surface area contributed by atoms with Gasteiger partial charge in [0.15, 0.2) is 0 Å². The first kappa shape index (κ1) is 28.4. The van der Waals surface area contributed by atoms with Gasteiger partial charge in [0.05, 0.1) is 11.9 Å². The summed E-state index contributed by atoms with van der Waals surface area (Å²) >= 11 is 0. The van der Waals surface area contributed by atoms with Gasteiger partial charge in [-0.25, -0.2) is 8.42 Å². The van der Waals surface area contributed by atoms with Gasteiger partial charge in [0.1, 0.15) is 12.6 Å². The van der Waals surface area contributed by atoms with E-state index in [0.29, 0.717) is 12.2 Å². The van der Waals surface area contributed by atoms with E-state index in [-0.39, 0.29) is 17.9 Å². The third-order valence-corrected chi connectivity index (χ3v) is 7.03. The fraction of sp³-hybridized carbons (Fsp3) is 0.481. The number of benzene rings is 2. The van der Waals surface area contributed by atoms with Crippen LogP contribution in [0.4, 0.5) is 5.69 Å². The second kappa shape index (κ2) is 11.7. The minimum absolute atomic E-state index is 0.0869. The monoisotopic (exact) mass is 501 g/mol. The van der Waals surface area contributed by atoms with Crippen molar-refractivity contribution < 1.29 is 18.0 Å². The quantitative estimate of drug-likeness (QED) is 0.533. The summed E-state index contributed by atoms with van der Waals surface area (Å²) < 4.78 is 26.5. The third kappa shape index (κ3) is 8.09. The number of nitrogens with one attached hydrogen (secondary N) is 1. The van der Waals surface area contributed by atoms with Crippen molar-refractivity contribution in [3.63, 3.8) is 0 Å². The molecule has 0 bridgehead atoms. The Hall–Kier alpha value is -2.87. The zero-order valence-corrected chi connectivity index (χ0v) is 22.8. The van der Waals surface area contributed by atoms with E-state index in [1.165, 1.54) is 4.90 Å². The molecule has 0 spiro atoms. The number of carbonyl (C=O) groups is 2. The summed E-state index contributed by atoms with van der Waals surface area (Å²) in [5.74, 6) is -0.720. The number of aryl methyl sites for hydroxylation is 1. The predicted molar refractivity (Wildman–Crippen MR) is 142 cm³/mol. The molecule has 1 N–H and O–H groups in total. The molecule has 0 saturated carbocycles. The third-order valence-electron chi connectivity index (χ3n) is 5.89. The molecular formula is C27H39N3O4S. The Morgan fingerprint density at radius 3 is 2.06 bits per heavy atom. The fourth-order valence-corrected chi connectivity index (χ4v) is 4.46. The first-order valence-corrected chi connectivity index (χ1v) is 13.8. The first-order valence-electron chi connectivity index (χ1n) is 11.9. The van der Waals surface area contributed by atoms with Crippen LogP contribution in [-0.2, 0) is 31.6 Å². The molecule has 35 heavy (non-hydrogen) atoms. The van der Waals surface area contributed by atoms with Crippen LogP contribution in [0.5, 0.6) is 0 Å². The highest BCUT2D eigenvalue weighted by molar-refractivity contribution is 7.92. The van der Waals surface area contributed by atoms with E-state index >= 15 is 0 Å². The fourth-order valence-electron chi connectivity index (χ4n) is 3.61. The minimum atomic E-state index is -3.75. The lowest BCUT2D eigenvalue weighted by Gasteiger charge is -2.31. The van der Waals surface area contributed by atoms with Crippen LogP contribution in [0.15, 0.2) is 48.5 Å². The minimum Gasteiger partial charge on any atom is -0.354 e. The molecule has 1 atom stereocenters. The Morgan fingerprint density at radius 1 is 1.00 bits per heavy atom. The van der Waals surface area contributed by atoms with Crippen molar-refractivity contribution in [1.29, 1.82) is 0 Å². The largest absolute Gasteiger partial charge is 0.354 e. The number of amides is 2. The van der Waals surface area contributed by atoms with Crippen LogP contribution in [0.1, 0.15) is 57.7 Å². The van der Waals surface area contributed by atoms with Gasteiger partial charge in [-0.05, 0) is 48.9 Å². The predicted octanol–water partition coefficient (Wildman–Crippen LogP) is 4.00. The number of nitrogens with zero attached hydrogens (tertiary/aromatic N) is 2. The van der Waals surface area contributed by atoms with Gasteiger partial charge in [-0.1, -0.05) is 69.7 Å². The van der Waals surface area contributed by atoms with Crippen molar-refractivity contribution >= 4 is 27.5 Å². The van der Waals surface area contributed by atoms with Gasteiger partial charge < -0.3 is 10.2 Å². The highest BCUT2D eigenvalue weighted by Gasteiger charge is 2.30. The summed E-state index contributed by atoms with van der Waals surface area (Å²) in [4.78, 5) is 27.7. The topological polar surface area (TPSA) is 86.8 Å². The van der Waals surface area contributed by atoms with Crippen LogP contribution in [0.3, 0.4) is 0 Å². The second-order valence-electron chi connectivity index (χ2n) is 10.0. The highest BCUT2D eigenvalue weighted by Crippen LogP contribution is 2.26. The molecule has 8 heteroatoms. The molecule has 0 fully saturated rings. The number of anilines is 1. The van der Waals surface area contributed by atoms with E-state index in [4.69, 9.17) is 0 Å². The Kier molecular flexibility index (Phi) is 9.49. The molecule has 0 heterocycles. The molecule has 2 aromatic rings. The van der Waals surface area contributed by atoms with Gasteiger partial charge in [-0.3, -0.25) is 13.9 Å². The van der Waals surface area contributed by atoms with Crippen molar-refractivity contribution in [1.82, 2.24) is 10.2 Å². The van der Waals surface area contributed by atoms with E-state index in [1.54, 1.807) is 19.1 Å². The lowest BCUT2D eigenvalue weighted by Crippen LogP contribution is -2.51. The summed E-state index contributed by atoms with van der Waals surface area (Å²) in [5, 5.41) is 2.83. The molecule has 192 valence electrons. The van der Waals surface area contributed by atoms with Gasteiger partial charge in [0.25, 0.3) is 0 Å². The Labute approximate surface area is 210 Å². The molecule has 0 radical (unpaired) electrons. The standard InChI is InChI=1S/C27H39N3O4S/c1-8-17-28-26(32)21(3)29(18-22-11-9-20(2)10-12-22)25(31)19-30(35(7,33)34)24-15-13-23(14-16-24)27(4,5)6/h9-16,21H,8,17-19H2,1-7H3,(H,28,32)/t21-/m0/s1. The zero-order chi connectivity index (χ0) is 26.4. The lowest BCUT2D eigenvalue weighted by atomic mass is 9.87. The van der Waals surface area contributed by atoms with Crippen LogP contribution >= 0.6 is 0 Å². The van der Waals surface area contributed by atoms with Gasteiger partial charge >= 0.3 is 0 Å². The number of carbonyl (C=O) groups excluding carboxylic acids is 2. The average Bonchev–Trinajstić information content (AvgIpc) is 2.78. The molecule has 0 saturated heterocycles. The summed E-state index contributed by atoms with van der Waals surface area (Å²) in [7, 11) is -3.75. The summed E-state index contributed by atoms with van der Waals surface area (Å²) in [5.41, 5.74) is 3.33. The van der Waals surface area contributed by atoms with Gasteiger partial charge in [-0.2, -0.15) is 0 Å². The maximum atomic E-state index is 13.5.